The van der Waals surface area contributed by atoms with Gasteiger partial charge >= 0.3 is 0 Å². The van der Waals surface area contributed by atoms with Crippen LogP contribution >= 0.6 is 0 Å². The number of aromatic nitrogens is 2. The number of aliphatic carboxylic acids is 1. The zero-order valence-corrected chi connectivity index (χ0v) is 7.90. The summed E-state index contributed by atoms with van der Waals surface area (Å²) in [5, 5.41) is 12.9. The van der Waals surface area contributed by atoms with Crippen molar-refractivity contribution in [2.45, 2.75) is 12.5 Å². The Hall–Kier alpha value is -1.89. The molecule has 1 atom stereocenters. The smallest absolute Gasteiger partial charge is 0.234 e. The van der Waals surface area contributed by atoms with Gasteiger partial charge in [-0.25, -0.2) is 4.98 Å². The van der Waals surface area contributed by atoms with Gasteiger partial charge in [0.05, 0.1) is 24.9 Å². The van der Waals surface area contributed by atoms with Crippen LogP contribution in [0.25, 0.3) is 0 Å². The number of carbonyl (C=O) groups excluding carboxylic acids is 2. The first-order valence-electron chi connectivity index (χ1n) is 4.31. The maximum absolute atomic E-state index is 10.9. The Balaban J connectivity index is 2.59. The molecule has 1 rings (SSSR count). The third-order valence-electron chi connectivity index (χ3n) is 1.78. The monoisotopic (exact) mass is 211 g/mol. The van der Waals surface area contributed by atoms with Crippen molar-refractivity contribution in [3.8, 4) is 0 Å². The Morgan fingerprint density at radius 1 is 1.67 bits per heavy atom. The average molecular weight is 211 g/mol. The first-order chi connectivity index (χ1) is 7.13. The van der Waals surface area contributed by atoms with E-state index in [1.807, 2.05) is 0 Å². The predicted octanol–water partition coefficient (Wildman–Crippen LogP) is -2.85. The summed E-state index contributed by atoms with van der Waals surface area (Å²) in [4.78, 5) is 28.0. The highest BCUT2D eigenvalue weighted by molar-refractivity contribution is 5.83. The van der Waals surface area contributed by atoms with Crippen molar-refractivity contribution in [1.82, 2.24) is 15.3 Å². The van der Waals surface area contributed by atoms with E-state index in [9.17, 15) is 14.7 Å². The SMILES string of the molecule is NCC(=O)NC(Cc1cnc[nH]1)C(=O)[O-]. The molecule has 15 heavy (non-hydrogen) atoms. The molecule has 1 heterocycles. The van der Waals surface area contributed by atoms with Crippen LogP contribution in [-0.4, -0.2) is 34.4 Å². The van der Waals surface area contributed by atoms with Crippen LogP contribution in [0.2, 0.25) is 0 Å². The lowest BCUT2D eigenvalue weighted by molar-refractivity contribution is -0.308. The van der Waals surface area contributed by atoms with Crippen LogP contribution in [0.1, 0.15) is 5.69 Å². The minimum absolute atomic E-state index is 0.0913. The second kappa shape index (κ2) is 5.11. The highest BCUT2D eigenvalue weighted by Crippen LogP contribution is 1.97. The van der Waals surface area contributed by atoms with Gasteiger partial charge < -0.3 is 25.9 Å². The molecule has 1 amide bonds. The second-order valence-corrected chi connectivity index (χ2v) is 2.92. The molecule has 0 bridgehead atoms. The van der Waals surface area contributed by atoms with Gasteiger partial charge in [0.1, 0.15) is 0 Å². The topological polar surface area (TPSA) is 124 Å². The minimum atomic E-state index is -1.36. The molecular formula is C8H11N4O3-. The number of nitrogens with one attached hydrogen (secondary N) is 2. The summed E-state index contributed by atoms with van der Waals surface area (Å²) in [5.41, 5.74) is 5.65. The molecule has 0 saturated heterocycles. The number of rotatable bonds is 5. The summed E-state index contributed by atoms with van der Waals surface area (Å²) in [6.07, 6.45) is 2.99. The van der Waals surface area contributed by atoms with Crippen LogP contribution in [0, 0.1) is 0 Å². The predicted molar refractivity (Wildman–Crippen MR) is 48.3 cm³/mol. The number of amides is 1. The number of carboxylic acids is 1. The van der Waals surface area contributed by atoms with E-state index in [1.54, 1.807) is 0 Å². The minimum Gasteiger partial charge on any atom is -0.548 e. The average Bonchev–Trinajstić information content (AvgIpc) is 2.69. The molecule has 7 heteroatoms. The largest absolute Gasteiger partial charge is 0.548 e. The summed E-state index contributed by atoms with van der Waals surface area (Å²) in [6, 6.07) is -1.10. The Labute approximate surface area is 85.7 Å². The molecule has 0 aliphatic carbocycles. The number of hydrogen-bond donors (Lipinski definition) is 3. The molecule has 0 aliphatic rings. The van der Waals surface area contributed by atoms with Gasteiger partial charge in [-0.15, -0.1) is 0 Å². The van der Waals surface area contributed by atoms with Crippen molar-refractivity contribution in [1.29, 1.82) is 0 Å². The Kier molecular flexibility index (Phi) is 3.81. The molecule has 1 aromatic rings. The maximum atomic E-state index is 10.9. The van der Waals surface area contributed by atoms with E-state index in [1.165, 1.54) is 12.5 Å². The van der Waals surface area contributed by atoms with Gasteiger partial charge in [0.25, 0.3) is 0 Å². The molecule has 0 radical (unpaired) electrons. The third kappa shape index (κ3) is 3.39. The maximum Gasteiger partial charge on any atom is 0.234 e. The van der Waals surface area contributed by atoms with Gasteiger partial charge in [0, 0.05) is 18.3 Å². The number of hydrogen-bond acceptors (Lipinski definition) is 5. The Morgan fingerprint density at radius 2 is 2.40 bits per heavy atom. The van der Waals surface area contributed by atoms with Crippen LogP contribution in [0.4, 0.5) is 0 Å². The van der Waals surface area contributed by atoms with E-state index < -0.39 is 17.9 Å². The number of aromatic amines is 1. The highest BCUT2D eigenvalue weighted by Gasteiger charge is 2.13. The fourth-order valence-electron chi connectivity index (χ4n) is 1.06. The Bertz CT molecular complexity index is 336. The summed E-state index contributed by atoms with van der Waals surface area (Å²) in [5.74, 6) is -1.89. The number of carboxylic acid groups (broad SMARTS) is 1. The number of nitrogens with two attached hydrogens (primary N) is 1. The summed E-state index contributed by atoms with van der Waals surface area (Å²) in [6.45, 7) is -0.257. The van der Waals surface area contributed by atoms with Crippen LogP contribution in [0.5, 0.6) is 0 Å². The molecule has 4 N–H and O–H groups in total. The van der Waals surface area contributed by atoms with Crippen LogP contribution in [0.15, 0.2) is 12.5 Å². The molecular weight excluding hydrogens is 200 g/mol. The van der Waals surface area contributed by atoms with E-state index >= 15 is 0 Å². The lowest BCUT2D eigenvalue weighted by atomic mass is 10.1. The highest BCUT2D eigenvalue weighted by atomic mass is 16.4. The van der Waals surface area contributed by atoms with E-state index in [0.717, 1.165) is 0 Å². The van der Waals surface area contributed by atoms with Crippen LogP contribution < -0.4 is 16.2 Å². The summed E-state index contributed by atoms with van der Waals surface area (Å²) >= 11 is 0. The summed E-state index contributed by atoms with van der Waals surface area (Å²) < 4.78 is 0. The number of imidazole rings is 1. The molecule has 1 aromatic heterocycles. The third-order valence-corrected chi connectivity index (χ3v) is 1.78. The van der Waals surface area contributed by atoms with E-state index in [0.29, 0.717) is 5.69 Å². The number of nitrogens with zero attached hydrogens (tertiary/aromatic N) is 1. The molecule has 0 saturated carbocycles. The zero-order chi connectivity index (χ0) is 11.3. The lowest BCUT2D eigenvalue weighted by Gasteiger charge is -2.18. The van der Waals surface area contributed by atoms with Crippen molar-refractivity contribution < 1.29 is 14.7 Å². The van der Waals surface area contributed by atoms with E-state index in [2.05, 4.69) is 15.3 Å². The van der Waals surface area contributed by atoms with E-state index in [-0.39, 0.29) is 13.0 Å². The lowest BCUT2D eigenvalue weighted by Crippen LogP contribution is -2.50. The van der Waals surface area contributed by atoms with Crippen molar-refractivity contribution in [3.63, 3.8) is 0 Å². The van der Waals surface area contributed by atoms with Crippen molar-refractivity contribution in [2.75, 3.05) is 6.54 Å². The van der Waals surface area contributed by atoms with Gasteiger partial charge in [-0.1, -0.05) is 0 Å². The fourth-order valence-corrected chi connectivity index (χ4v) is 1.06. The van der Waals surface area contributed by atoms with E-state index in [4.69, 9.17) is 5.73 Å². The molecule has 82 valence electrons. The van der Waals surface area contributed by atoms with Crippen molar-refractivity contribution in [2.24, 2.45) is 5.73 Å². The molecule has 1 unspecified atom stereocenters. The van der Waals surface area contributed by atoms with Crippen molar-refractivity contribution in [3.05, 3.63) is 18.2 Å². The zero-order valence-electron chi connectivity index (χ0n) is 7.90. The van der Waals surface area contributed by atoms with Gasteiger partial charge in [0.15, 0.2) is 0 Å². The molecule has 0 aliphatic heterocycles. The van der Waals surface area contributed by atoms with Crippen LogP contribution in [0.3, 0.4) is 0 Å². The molecule has 7 nitrogen and oxygen atoms in total. The number of carbonyl (C=O) groups is 2. The van der Waals surface area contributed by atoms with Gasteiger partial charge in [0.2, 0.25) is 5.91 Å². The Morgan fingerprint density at radius 3 is 2.87 bits per heavy atom. The first-order valence-corrected chi connectivity index (χ1v) is 4.31. The molecule has 0 fully saturated rings. The first kappa shape index (κ1) is 11.2. The molecule has 0 aromatic carbocycles. The van der Waals surface area contributed by atoms with Gasteiger partial charge in [-0.2, -0.15) is 0 Å². The normalized spacial score (nSPS) is 12.1. The standard InChI is InChI=1S/C8H12N4O3/c9-2-7(13)12-6(8(14)15)1-5-3-10-4-11-5/h3-4,6H,1-2,9H2,(H,10,11)(H,12,13)(H,14,15)/p-1. The van der Waals surface area contributed by atoms with Gasteiger partial charge in [-0.05, 0) is 0 Å². The summed E-state index contributed by atoms with van der Waals surface area (Å²) in [7, 11) is 0. The fraction of sp³-hybridized carbons (Fsp3) is 0.375. The second-order valence-electron chi connectivity index (χ2n) is 2.92. The molecule has 0 spiro atoms. The van der Waals surface area contributed by atoms with Crippen molar-refractivity contribution >= 4 is 11.9 Å². The van der Waals surface area contributed by atoms with Crippen LogP contribution in [-0.2, 0) is 16.0 Å². The van der Waals surface area contributed by atoms with Gasteiger partial charge in [-0.3, -0.25) is 4.79 Å². The quantitative estimate of drug-likeness (QED) is 0.483. The number of H-pyrrole nitrogens is 1.